The summed E-state index contributed by atoms with van der Waals surface area (Å²) in [4.78, 5) is 1.64. The van der Waals surface area contributed by atoms with Gasteiger partial charge in [0.05, 0.1) is 0 Å². The first-order valence-corrected chi connectivity index (χ1v) is 6.50. The average Bonchev–Trinajstić information content (AvgIpc) is 2.72. The summed E-state index contributed by atoms with van der Waals surface area (Å²) in [5, 5.41) is 5.84. The van der Waals surface area contributed by atoms with Crippen LogP contribution < -0.4 is 5.32 Å². The number of aryl methyl sites for hydroxylation is 1. The number of rotatable bonds is 4. The number of hydrogen-bond acceptors (Lipinski definition) is 2. The van der Waals surface area contributed by atoms with Crippen LogP contribution in [0.1, 0.15) is 48.6 Å². The summed E-state index contributed by atoms with van der Waals surface area (Å²) < 4.78 is 0. The molecule has 2 rings (SSSR count). The largest absolute Gasteiger partial charge is 0.313 e. The molecule has 14 heavy (non-hydrogen) atoms. The summed E-state index contributed by atoms with van der Waals surface area (Å²) in [7, 11) is 0. The van der Waals surface area contributed by atoms with Gasteiger partial charge in [-0.3, -0.25) is 0 Å². The van der Waals surface area contributed by atoms with Gasteiger partial charge in [0.15, 0.2) is 0 Å². The van der Waals surface area contributed by atoms with Crippen molar-refractivity contribution in [3.05, 3.63) is 21.4 Å². The summed E-state index contributed by atoms with van der Waals surface area (Å²) in [5.41, 5.74) is 3.22. The van der Waals surface area contributed by atoms with Gasteiger partial charge in [0, 0.05) is 11.4 Å². The van der Waals surface area contributed by atoms with E-state index in [9.17, 15) is 0 Å². The van der Waals surface area contributed by atoms with E-state index in [-0.39, 0.29) is 0 Å². The zero-order valence-corrected chi connectivity index (χ0v) is 9.91. The molecule has 1 nitrogen and oxygen atoms in total. The second-order valence-corrected chi connectivity index (χ2v) is 5.18. The van der Waals surface area contributed by atoms with Crippen molar-refractivity contribution in [2.24, 2.45) is 0 Å². The van der Waals surface area contributed by atoms with Gasteiger partial charge in [-0.1, -0.05) is 13.8 Å². The number of hydrogen-bond donors (Lipinski definition) is 1. The molecule has 1 aliphatic rings. The van der Waals surface area contributed by atoms with Crippen molar-refractivity contribution in [3.63, 3.8) is 0 Å². The van der Waals surface area contributed by atoms with E-state index in [2.05, 4.69) is 24.5 Å². The van der Waals surface area contributed by atoms with Gasteiger partial charge in [-0.15, -0.1) is 11.3 Å². The van der Waals surface area contributed by atoms with Crippen molar-refractivity contribution < 1.29 is 0 Å². The number of nitrogens with one attached hydrogen (secondary N) is 1. The quantitative estimate of drug-likeness (QED) is 0.750. The molecule has 0 saturated heterocycles. The number of fused-ring (bicyclic) bond motifs is 1. The predicted molar refractivity (Wildman–Crippen MR) is 63.1 cm³/mol. The lowest BCUT2D eigenvalue weighted by Gasteiger charge is -2.07. The highest BCUT2D eigenvalue weighted by Gasteiger charge is 2.23. The molecule has 0 amide bonds. The molecular formula is C12H19NS. The summed E-state index contributed by atoms with van der Waals surface area (Å²) in [6.45, 7) is 6.79. The molecule has 78 valence electrons. The van der Waals surface area contributed by atoms with Crippen LogP contribution in [-0.4, -0.2) is 6.54 Å². The SMILES string of the molecule is CCCNCc1csc2c1C(C)CC2. The van der Waals surface area contributed by atoms with Crippen LogP contribution in [0.2, 0.25) is 0 Å². The first-order chi connectivity index (χ1) is 6.83. The topological polar surface area (TPSA) is 12.0 Å². The zero-order chi connectivity index (χ0) is 9.97. The molecule has 0 aromatic carbocycles. The number of thiophene rings is 1. The fraction of sp³-hybridized carbons (Fsp3) is 0.667. The third-order valence-electron chi connectivity index (χ3n) is 3.03. The van der Waals surface area contributed by atoms with E-state index in [0.717, 1.165) is 19.0 Å². The standard InChI is InChI=1S/C12H19NS/c1-3-6-13-7-10-8-14-11-5-4-9(2)12(10)11/h8-9,13H,3-7H2,1-2H3. The fourth-order valence-corrected chi connectivity index (χ4v) is 3.45. The molecular weight excluding hydrogens is 190 g/mol. The molecule has 0 fully saturated rings. The second-order valence-electron chi connectivity index (χ2n) is 4.21. The lowest BCUT2D eigenvalue weighted by Crippen LogP contribution is -2.14. The molecule has 0 aliphatic heterocycles. The Labute approximate surface area is 90.5 Å². The second kappa shape index (κ2) is 4.45. The van der Waals surface area contributed by atoms with Crippen LogP contribution in [-0.2, 0) is 13.0 Å². The van der Waals surface area contributed by atoms with Crippen LogP contribution in [0.3, 0.4) is 0 Å². The molecule has 0 spiro atoms. The van der Waals surface area contributed by atoms with Crippen molar-refractivity contribution >= 4 is 11.3 Å². The van der Waals surface area contributed by atoms with Crippen molar-refractivity contribution in [1.82, 2.24) is 5.32 Å². The first-order valence-electron chi connectivity index (χ1n) is 5.62. The normalized spacial score (nSPS) is 20.0. The highest BCUT2D eigenvalue weighted by Crippen LogP contribution is 2.39. The van der Waals surface area contributed by atoms with Gasteiger partial charge in [0.1, 0.15) is 0 Å². The maximum atomic E-state index is 3.49. The molecule has 1 aliphatic carbocycles. The van der Waals surface area contributed by atoms with Crippen LogP contribution in [0.4, 0.5) is 0 Å². The Morgan fingerprint density at radius 1 is 1.57 bits per heavy atom. The molecule has 0 bridgehead atoms. The maximum Gasteiger partial charge on any atom is 0.0216 e. The fourth-order valence-electron chi connectivity index (χ4n) is 2.26. The van der Waals surface area contributed by atoms with Crippen molar-refractivity contribution in [1.29, 1.82) is 0 Å². The maximum absolute atomic E-state index is 3.49. The van der Waals surface area contributed by atoms with Crippen LogP contribution in [0.15, 0.2) is 5.38 Å². The van der Waals surface area contributed by atoms with Crippen LogP contribution in [0, 0.1) is 0 Å². The summed E-state index contributed by atoms with van der Waals surface area (Å²) in [6, 6.07) is 0. The molecule has 2 heteroatoms. The summed E-state index contributed by atoms with van der Waals surface area (Å²) >= 11 is 1.96. The zero-order valence-electron chi connectivity index (χ0n) is 9.10. The third-order valence-corrected chi connectivity index (χ3v) is 4.14. The van der Waals surface area contributed by atoms with Gasteiger partial charge in [-0.05, 0) is 48.2 Å². The Morgan fingerprint density at radius 2 is 2.43 bits per heavy atom. The van der Waals surface area contributed by atoms with Crippen molar-refractivity contribution in [2.75, 3.05) is 6.54 Å². The summed E-state index contributed by atoms with van der Waals surface area (Å²) in [5.74, 6) is 0.801. The monoisotopic (exact) mass is 209 g/mol. The van der Waals surface area contributed by atoms with Crippen LogP contribution >= 0.6 is 11.3 Å². The van der Waals surface area contributed by atoms with E-state index in [1.54, 1.807) is 16.0 Å². The highest BCUT2D eigenvalue weighted by atomic mass is 32.1. The lowest BCUT2D eigenvalue weighted by molar-refractivity contribution is 0.664. The van der Waals surface area contributed by atoms with Crippen molar-refractivity contribution in [3.8, 4) is 0 Å². The van der Waals surface area contributed by atoms with Gasteiger partial charge < -0.3 is 5.32 Å². The average molecular weight is 209 g/mol. The Kier molecular flexibility index (Phi) is 3.24. The van der Waals surface area contributed by atoms with Crippen molar-refractivity contribution in [2.45, 2.75) is 45.6 Å². The van der Waals surface area contributed by atoms with Crippen LogP contribution in [0.25, 0.3) is 0 Å². The van der Waals surface area contributed by atoms with Gasteiger partial charge in [0.2, 0.25) is 0 Å². The summed E-state index contributed by atoms with van der Waals surface area (Å²) in [6.07, 6.45) is 3.90. The molecule has 1 aromatic heterocycles. The molecule has 1 unspecified atom stereocenters. The third kappa shape index (κ3) is 1.86. The Balaban J connectivity index is 2.04. The molecule has 0 radical (unpaired) electrons. The minimum Gasteiger partial charge on any atom is -0.313 e. The minimum absolute atomic E-state index is 0.801. The molecule has 1 N–H and O–H groups in total. The Bertz CT molecular complexity index is 303. The molecule has 0 saturated carbocycles. The Morgan fingerprint density at radius 3 is 3.21 bits per heavy atom. The van der Waals surface area contributed by atoms with Gasteiger partial charge >= 0.3 is 0 Å². The van der Waals surface area contributed by atoms with Crippen LogP contribution in [0.5, 0.6) is 0 Å². The highest BCUT2D eigenvalue weighted by molar-refractivity contribution is 7.10. The van der Waals surface area contributed by atoms with E-state index in [0.29, 0.717) is 0 Å². The molecule has 1 aromatic rings. The Hall–Kier alpha value is -0.340. The molecule has 1 atom stereocenters. The van der Waals surface area contributed by atoms with Gasteiger partial charge in [-0.2, -0.15) is 0 Å². The van der Waals surface area contributed by atoms with E-state index in [1.807, 2.05) is 11.3 Å². The first kappa shape index (κ1) is 10.2. The predicted octanol–water partition coefficient (Wildman–Crippen LogP) is 3.30. The van der Waals surface area contributed by atoms with Gasteiger partial charge in [-0.25, -0.2) is 0 Å². The minimum atomic E-state index is 0.801. The molecule has 1 heterocycles. The smallest absolute Gasteiger partial charge is 0.0216 e. The lowest BCUT2D eigenvalue weighted by atomic mass is 10.0. The van der Waals surface area contributed by atoms with E-state index >= 15 is 0 Å². The van der Waals surface area contributed by atoms with Gasteiger partial charge in [0.25, 0.3) is 0 Å². The van der Waals surface area contributed by atoms with E-state index < -0.39 is 0 Å². The van der Waals surface area contributed by atoms with E-state index in [4.69, 9.17) is 0 Å². The van der Waals surface area contributed by atoms with E-state index in [1.165, 1.54) is 19.3 Å².